The minimum absolute atomic E-state index is 0.0106. The van der Waals surface area contributed by atoms with Gasteiger partial charge in [0.2, 0.25) is 17.6 Å². The maximum Gasteiger partial charge on any atom is 0.413 e. The van der Waals surface area contributed by atoms with E-state index in [-0.39, 0.29) is 35.7 Å². The van der Waals surface area contributed by atoms with Crippen molar-refractivity contribution >= 4 is 44.7 Å². The molecule has 13 nitrogen and oxygen atoms in total. The molecule has 0 radical (unpaired) electrons. The number of hydrogen-bond donors (Lipinski definition) is 3. The normalized spacial score (nSPS) is 20.0. The Morgan fingerprint density at radius 1 is 1.09 bits per heavy atom. The van der Waals surface area contributed by atoms with Crippen LogP contribution in [-0.2, 0) is 19.2 Å². The number of likely N-dealkylation sites (tertiary alicyclic amines) is 1. The van der Waals surface area contributed by atoms with Crippen LogP contribution in [0.3, 0.4) is 0 Å². The van der Waals surface area contributed by atoms with E-state index in [1.807, 2.05) is 23.2 Å². The van der Waals surface area contributed by atoms with E-state index in [1.54, 1.807) is 20.8 Å². The van der Waals surface area contributed by atoms with E-state index in [0.717, 1.165) is 19.3 Å². The number of nitrogens with one attached hydrogen (secondary N) is 3. The molecule has 0 spiro atoms. The van der Waals surface area contributed by atoms with E-state index in [1.165, 1.54) is 29.2 Å². The van der Waals surface area contributed by atoms with Crippen LogP contribution in [0, 0.1) is 33.3 Å². The van der Waals surface area contributed by atoms with Gasteiger partial charge in [0.25, 0.3) is 11.6 Å². The van der Waals surface area contributed by atoms with Crippen LogP contribution in [0.2, 0.25) is 0 Å². The number of carbonyl (C=O) groups excluding carboxylic acids is 5. The first kappa shape index (κ1) is 33.9. The van der Waals surface area contributed by atoms with Crippen LogP contribution < -0.4 is 20.5 Å². The molecule has 3 rings (SSSR count). The summed E-state index contributed by atoms with van der Waals surface area (Å²) in [6.07, 6.45) is 2.64. The molecule has 4 amide bonds. The van der Waals surface area contributed by atoms with Crippen LogP contribution in [0.25, 0.3) is 0 Å². The summed E-state index contributed by atoms with van der Waals surface area (Å²) in [6, 6.07) is 1.93. The SMILES string of the molecule is CC(C)[C@@H]1C[C@@H](C(=O)NC(CC2CCC2)C(=O)C(=O)NP)N(C(=O)[C@@H](NC(=O)Oc2ccc([N+](=O)[O-])cc2)C(C)(C)C)C1. The number of non-ortho nitro benzene ring substituents is 1. The van der Waals surface area contributed by atoms with E-state index in [4.69, 9.17) is 4.74 Å². The predicted molar refractivity (Wildman–Crippen MR) is 161 cm³/mol. The number of hydrogen-bond acceptors (Lipinski definition) is 8. The average molecular weight is 620 g/mol. The summed E-state index contributed by atoms with van der Waals surface area (Å²) in [7, 11) is 2.00. The molecule has 1 aliphatic carbocycles. The number of ketones is 1. The molecule has 1 aliphatic heterocycles. The molecule has 1 saturated heterocycles. The molecule has 14 heteroatoms. The maximum atomic E-state index is 14.1. The average Bonchev–Trinajstić information content (AvgIpc) is 3.37. The van der Waals surface area contributed by atoms with Crippen molar-refractivity contribution < 1.29 is 33.6 Å². The van der Waals surface area contributed by atoms with Crippen molar-refractivity contribution in [1.29, 1.82) is 0 Å². The predicted octanol–water partition coefficient (Wildman–Crippen LogP) is 3.12. The van der Waals surface area contributed by atoms with Crippen molar-refractivity contribution in [2.24, 2.45) is 23.2 Å². The van der Waals surface area contributed by atoms with Gasteiger partial charge in [0.05, 0.1) is 11.0 Å². The highest BCUT2D eigenvalue weighted by Crippen LogP contribution is 2.34. The minimum atomic E-state index is -1.09. The topological polar surface area (TPSA) is 177 Å². The first-order chi connectivity index (χ1) is 20.1. The lowest BCUT2D eigenvalue weighted by Crippen LogP contribution is -2.59. The fraction of sp³-hybridized carbons (Fsp3) is 0.621. The molecule has 0 bridgehead atoms. The molecule has 5 atom stereocenters. The van der Waals surface area contributed by atoms with Crippen LogP contribution in [0.1, 0.15) is 66.7 Å². The molecule has 1 heterocycles. The Labute approximate surface area is 253 Å². The quantitative estimate of drug-likeness (QED) is 0.146. The van der Waals surface area contributed by atoms with Crippen LogP contribution in [-0.4, -0.2) is 64.1 Å². The molecule has 2 unspecified atom stereocenters. The number of amides is 4. The third kappa shape index (κ3) is 8.72. The maximum absolute atomic E-state index is 14.1. The van der Waals surface area contributed by atoms with E-state index in [0.29, 0.717) is 12.8 Å². The number of nitrogens with zero attached hydrogens (tertiary/aromatic N) is 2. The molecule has 0 aromatic heterocycles. The molecule has 2 fully saturated rings. The zero-order valence-electron chi connectivity index (χ0n) is 25.3. The summed E-state index contributed by atoms with van der Waals surface area (Å²) in [5.41, 5.74) is -0.957. The lowest BCUT2D eigenvalue weighted by atomic mass is 9.80. The van der Waals surface area contributed by atoms with Gasteiger partial charge in [0.1, 0.15) is 17.8 Å². The van der Waals surface area contributed by atoms with Crippen LogP contribution in [0.5, 0.6) is 5.75 Å². The van der Waals surface area contributed by atoms with Gasteiger partial charge in [-0.1, -0.05) is 53.9 Å². The summed E-state index contributed by atoms with van der Waals surface area (Å²) in [5, 5.41) is 18.5. The number of Topliss-reactive ketones (excluding diaryl/α,β-unsaturated/α-hetero) is 1. The second-order valence-electron chi connectivity index (χ2n) is 12.8. The smallest absolute Gasteiger partial charge is 0.410 e. The lowest BCUT2D eigenvalue weighted by Gasteiger charge is -2.35. The second kappa shape index (κ2) is 14.2. The van der Waals surface area contributed by atoms with Crippen molar-refractivity contribution in [2.45, 2.75) is 84.8 Å². The third-order valence-electron chi connectivity index (χ3n) is 8.28. The van der Waals surface area contributed by atoms with Crippen molar-refractivity contribution in [3.63, 3.8) is 0 Å². The number of rotatable bonds is 11. The van der Waals surface area contributed by atoms with Crippen LogP contribution in [0.4, 0.5) is 10.5 Å². The van der Waals surface area contributed by atoms with Gasteiger partial charge < -0.3 is 25.4 Å². The third-order valence-corrected chi connectivity index (χ3v) is 8.54. The standard InChI is InChI=1S/C29H42N5O8P/c1-16(2)18-14-22(25(36)30-21(13-17-7-6-8-17)23(35)26(37)32-43)33(15-18)27(38)24(29(3,4)5)31-28(39)42-20-11-9-19(10-12-20)34(40)41/h9-12,16-18,21-22,24H,6-8,13-15,43H2,1-5H3,(H,30,36)(H,31,39)(H,32,37)/t18-,21?,22+,24-/m1/s1. The Kier molecular flexibility index (Phi) is 11.2. The Morgan fingerprint density at radius 2 is 1.72 bits per heavy atom. The Bertz CT molecular complexity index is 1230. The Hall–Kier alpha value is -3.60. The fourth-order valence-electron chi connectivity index (χ4n) is 5.34. The summed E-state index contributed by atoms with van der Waals surface area (Å²) in [6.45, 7) is 9.57. The first-order valence-corrected chi connectivity index (χ1v) is 15.1. The van der Waals surface area contributed by atoms with E-state index in [2.05, 4.69) is 15.7 Å². The Balaban J connectivity index is 1.80. The number of carbonyl (C=O) groups is 5. The summed E-state index contributed by atoms with van der Waals surface area (Å²) >= 11 is 0. The number of nitro groups is 1. The Morgan fingerprint density at radius 3 is 2.21 bits per heavy atom. The molecule has 1 saturated carbocycles. The monoisotopic (exact) mass is 619 g/mol. The van der Waals surface area contributed by atoms with Gasteiger partial charge in [0.15, 0.2) is 0 Å². The zero-order valence-corrected chi connectivity index (χ0v) is 26.4. The van der Waals surface area contributed by atoms with Crippen LogP contribution in [0.15, 0.2) is 24.3 Å². The fourth-order valence-corrected chi connectivity index (χ4v) is 5.48. The summed E-state index contributed by atoms with van der Waals surface area (Å²) in [5.74, 6) is -2.15. The van der Waals surface area contributed by atoms with Crippen molar-refractivity contribution in [2.75, 3.05) is 6.54 Å². The molecule has 1 aromatic rings. The van der Waals surface area contributed by atoms with Gasteiger partial charge in [-0.3, -0.25) is 29.3 Å². The number of ether oxygens (including phenoxy) is 1. The first-order valence-electron chi connectivity index (χ1n) is 14.5. The van der Waals surface area contributed by atoms with Crippen molar-refractivity contribution in [1.82, 2.24) is 20.6 Å². The highest BCUT2D eigenvalue weighted by molar-refractivity contribution is 7.15. The molecular weight excluding hydrogens is 577 g/mol. The van der Waals surface area contributed by atoms with Crippen LogP contribution >= 0.6 is 9.39 Å². The summed E-state index contributed by atoms with van der Waals surface area (Å²) in [4.78, 5) is 77.4. The number of nitro benzene ring substituents is 1. The second-order valence-corrected chi connectivity index (χ2v) is 13.1. The van der Waals surface area contributed by atoms with Gasteiger partial charge in [-0.05, 0) is 57.5 Å². The van der Waals surface area contributed by atoms with Crippen molar-refractivity contribution in [3.05, 3.63) is 34.4 Å². The zero-order chi connectivity index (χ0) is 32.1. The molecule has 43 heavy (non-hydrogen) atoms. The van der Waals surface area contributed by atoms with Crippen molar-refractivity contribution in [3.8, 4) is 5.75 Å². The summed E-state index contributed by atoms with van der Waals surface area (Å²) < 4.78 is 5.29. The molecule has 236 valence electrons. The highest BCUT2D eigenvalue weighted by Gasteiger charge is 2.46. The lowest BCUT2D eigenvalue weighted by molar-refractivity contribution is -0.384. The van der Waals surface area contributed by atoms with Gasteiger partial charge in [0, 0.05) is 18.7 Å². The van der Waals surface area contributed by atoms with Gasteiger partial charge >= 0.3 is 6.09 Å². The number of benzene rings is 1. The largest absolute Gasteiger partial charge is 0.413 e. The molecule has 1 aromatic carbocycles. The van der Waals surface area contributed by atoms with E-state index >= 15 is 0 Å². The van der Waals surface area contributed by atoms with E-state index < -0.39 is 58.1 Å². The van der Waals surface area contributed by atoms with Gasteiger partial charge in [-0.25, -0.2) is 4.79 Å². The molecule has 2 aliphatic rings. The minimum Gasteiger partial charge on any atom is -0.410 e. The molecule has 3 N–H and O–H groups in total. The highest BCUT2D eigenvalue weighted by atomic mass is 31.0. The molecular formula is C29H42N5O8P. The van der Waals surface area contributed by atoms with Gasteiger partial charge in [-0.2, -0.15) is 0 Å². The van der Waals surface area contributed by atoms with Gasteiger partial charge in [-0.15, -0.1) is 0 Å². The van der Waals surface area contributed by atoms with E-state index in [9.17, 15) is 34.1 Å².